The van der Waals surface area contributed by atoms with E-state index in [0.717, 1.165) is 30.1 Å². The van der Waals surface area contributed by atoms with E-state index in [1.165, 1.54) is 11.3 Å². The van der Waals surface area contributed by atoms with Gasteiger partial charge in [0.1, 0.15) is 17.8 Å². The molecule has 0 aromatic carbocycles. The number of amides is 1. The second-order valence-corrected chi connectivity index (χ2v) is 10.7. The van der Waals surface area contributed by atoms with Crippen LogP contribution in [-0.2, 0) is 24.1 Å². The number of rotatable bonds is 9. The van der Waals surface area contributed by atoms with Gasteiger partial charge in [0, 0.05) is 37.0 Å². The fourth-order valence-electron chi connectivity index (χ4n) is 4.71. The van der Waals surface area contributed by atoms with Crippen molar-refractivity contribution in [3.05, 3.63) is 28.4 Å². The molecule has 0 atom stereocenters. The van der Waals surface area contributed by atoms with E-state index in [0.29, 0.717) is 61.9 Å². The number of ether oxygens (including phenoxy) is 1. The first-order valence-corrected chi connectivity index (χ1v) is 13.2. The molecule has 36 heavy (non-hydrogen) atoms. The quantitative estimate of drug-likeness (QED) is 0.477. The van der Waals surface area contributed by atoms with Crippen molar-refractivity contribution in [3.8, 4) is 5.19 Å². The SMILES string of the molecule is Cc1cnc(CC(=O)N[C@H]2CC[C@](F)(CCN3CCc4nc(OCCC(F)(F)F)sc4CC3)CC2)o1. The van der Waals surface area contributed by atoms with Gasteiger partial charge < -0.3 is 19.4 Å². The smallest absolute Gasteiger partial charge is 0.392 e. The maximum Gasteiger partial charge on any atom is 0.392 e. The molecule has 0 radical (unpaired) electrons. The van der Waals surface area contributed by atoms with Crippen LogP contribution < -0.4 is 10.1 Å². The van der Waals surface area contributed by atoms with Crippen LogP contribution in [0.5, 0.6) is 5.19 Å². The normalized spacial score (nSPS) is 23.2. The van der Waals surface area contributed by atoms with E-state index in [4.69, 9.17) is 9.15 Å². The van der Waals surface area contributed by atoms with E-state index >= 15 is 4.39 Å². The van der Waals surface area contributed by atoms with Crippen molar-refractivity contribution in [2.45, 2.75) is 82.6 Å². The minimum Gasteiger partial charge on any atom is -0.470 e. The average Bonchev–Trinajstić information content (AvgIpc) is 3.34. The molecule has 2 aromatic heterocycles. The lowest BCUT2D eigenvalue weighted by molar-refractivity contribution is -0.139. The predicted molar refractivity (Wildman–Crippen MR) is 126 cm³/mol. The summed E-state index contributed by atoms with van der Waals surface area (Å²) in [6.45, 7) is 3.47. The number of hydrogen-bond donors (Lipinski definition) is 1. The molecule has 0 unspecified atom stereocenters. The van der Waals surface area contributed by atoms with Gasteiger partial charge in [-0.3, -0.25) is 4.79 Å². The first kappa shape index (κ1) is 26.8. The molecule has 3 heterocycles. The summed E-state index contributed by atoms with van der Waals surface area (Å²) in [5.41, 5.74) is -0.369. The van der Waals surface area contributed by atoms with E-state index in [1.54, 1.807) is 13.1 Å². The number of fused-ring (bicyclic) bond motifs is 1. The van der Waals surface area contributed by atoms with Crippen molar-refractivity contribution in [3.63, 3.8) is 0 Å². The van der Waals surface area contributed by atoms with E-state index < -0.39 is 24.9 Å². The Morgan fingerprint density at radius 2 is 2.06 bits per heavy atom. The van der Waals surface area contributed by atoms with Gasteiger partial charge >= 0.3 is 6.18 Å². The molecule has 4 rings (SSSR count). The van der Waals surface area contributed by atoms with E-state index in [9.17, 15) is 18.0 Å². The van der Waals surface area contributed by atoms with Crippen LogP contribution in [0.2, 0.25) is 0 Å². The molecule has 1 saturated carbocycles. The Balaban J connectivity index is 1.16. The third-order valence-electron chi connectivity index (χ3n) is 6.79. The summed E-state index contributed by atoms with van der Waals surface area (Å²) in [6.07, 6.45) is 0.301. The number of nitrogens with one attached hydrogen (secondary N) is 1. The Hall–Kier alpha value is -2.21. The molecule has 2 aliphatic rings. The summed E-state index contributed by atoms with van der Waals surface area (Å²) in [6, 6.07) is -0.0368. The van der Waals surface area contributed by atoms with Crippen LogP contribution in [0.4, 0.5) is 17.6 Å². The van der Waals surface area contributed by atoms with Gasteiger partial charge in [-0.1, -0.05) is 11.3 Å². The maximum atomic E-state index is 15.5. The van der Waals surface area contributed by atoms with Crippen LogP contribution in [0.3, 0.4) is 0 Å². The molecule has 2 aromatic rings. The molecule has 0 saturated heterocycles. The Bertz CT molecular complexity index is 992. The summed E-state index contributed by atoms with van der Waals surface area (Å²) in [5, 5.41) is 3.26. The molecule has 1 aliphatic heterocycles. The van der Waals surface area contributed by atoms with Gasteiger partial charge in [-0.2, -0.15) is 13.2 Å². The fraction of sp³-hybridized carbons (Fsp3) is 0.708. The van der Waals surface area contributed by atoms with Gasteiger partial charge in [0.15, 0.2) is 0 Å². The van der Waals surface area contributed by atoms with Crippen LogP contribution in [-0.4, -0.2) is 64.9 Å². The van der Waals surface area contributed by atoms with Gasteiger partial charge in [0.25, 0.3) is 5.19 Å². The van der Waals surface area contributed by atoms with Gasteiger partial charge in [0.2, 0.25) is 11.8 Å². The largest absolute Gasteiger partial charge is 0.470 e. The Kier molecular flexibility index (Phi) is 8.54. The lowest BCUT2D eigenvalue weighted by atomic mass is 9.81. The number of aromatic nitrogens is 2. The average molecular weight is 533 g/mol. The third kappa shape index (κ3) is 7.89. The van der Waals surface area contributed by atoms with Crippen molar-refractivity contribution in [1.82, 2.24) is 20.2 Å². The number of aryl methyl sites for hydroxylation is 1. The summed E-state index contributed by atoms with van der Waals surface area (Å²) in [7, 11) is 0. The summed E-state index contributed by atoms with van der Waals surface area (Å²) < 4.78 is 62.9. The van der Waals surface area contributed by atoms with Crippen LogP contribution >= 0.6 is 11.3 Å². The molecule has 12 heteroatoms. The summed E-state index contributed by atoms with van der Waals surface area (Å²) >= 11 is 1.31. The zero-order valence-electron chi connectivity index (χ0n) is 20.3. The maximum absolute atomic E-state index is 15.5. The Labute approximate surface area is 211 Å². The van der Waals surface area contributed by atoms with Crippen molar-refractivity contribution in [1.29, 1.82) is 0 Å². The predicted octanol–water partition coefficient (Wildman–Crippen LogP) is 4.57. The topological polar surface area (TPSA) is 80.5 Å². The molecule has 0 bridgehead atoms. The summed E-state index contributed by atoms with van der Waals surface area (Å²) in [4.78, 5) is 23.9. The standard InChI is InChI=1S/C24H32F4N4O3S/c1-16-15-29-21(35-16)14-20(33)30-17-2-6-23(25,7-3-17)8-12-32-10-4-18-19(5-11-32)36-22(31-18)34-13-9-24(26,27)28/h15,17H,2-14H2,1H3,(H,30,33)/t17-,23+. The monoisotopic (exact) mass is 532 g/mol. The highest BCUT2D eigenvalue weighted by Crippen LogP contribution is 2.36. The van der Waals surface area contributed by atoms with E-state index in [1.807, 2.05) is 0 Å². The lowest BCUT2D eigenvalue weighted by Gasteiger charge is -2.35. The van der Waals surface area contributed by atoms with Gasteiger partial charge in [-0.25, -0.2) is 14.4 Å². The molecule has 1 fully saturated rings. The highest BCUT2D eigenvalue weighted by Gasteiger charge is 2.36. The first-order valence-electron chi connectivity index (χ1n) is 12.4. The zero-order chi connectivity index (χ0) is 25.8. The first-order chi connectivity index (χ1) is 17.1. The molecule has 1 amide bonds. The number of carbonyl (C=O) groups excluding carboxylic acids is 1. The molecular weight excluding hydrogens is 500 g/mol. The molecule has 1 aliphatic carbocycles. The van der Waals surface area contributed by atoms with Crippen LogP contribution in [0.1, 0.15) is 60.7 Å². The van der Waals surface area contributed by atoms with Crippen molar-refractivity contribution >= 4 is 17.2 Å². The number of carbonyl (C=O) groups is 1. The fourth-order valence-corrected chi connectivity index (χ4v) is 5.68. The highest BCUT2D eigenvalue weighted by molar-refractivity contribution is 7.13. The molecule has 200 valence electrons. The van der Waals surface area contributed by atoms with Gasteiger partial charge in [0.05, 0.1) is 24.9 Å². The van der Waals surface area contributed by atoms with Gasteiger partial charge in [-0.05, 0) is 45.4 Å². The third-order valence-corrected chi connectivity index (χ3v) is 7.86. The lowest BCUT2D eigenvalue weighted by Crippen LogP contribution is -2.43. The minimum atomic E-state index is -4.24. The number of nitrogens with zero attached hydrogens (tertiary/aromatic N) is 3. The number of halogens is 4. The second kappa shape index (κ2) is 11.5. The van der Waals surface area contributed by atoms with Crippen LogP contribution in [0.15, 0.2) is 10.6 Å². The number of oxazole rings is 1. The summed E-state index contributed by atoms with van der Waals surface area (Å²) in [5.74, 6) is 0.883. The van der Waals surface area contributed by atoms with Gasteiger partial charge in [-0.15, -0.1) is 0 Å². The van der Waals surface area contributed by atoms with Crippen molar-refractivity contribution in [2.75, 3.05) is 26.2 Å². The number of thiazole rings is 1. The number of alkyl halides is 4. The molecular formula is C24H32F4N4O3S. The van der Waals surface area contributed by atoms with Crippen LogP contribution in [0, 0.1) is 6.92 Å². The van der Waals surface area contributed by atoms with Crippen LogP contribution in [0.25, 0.3) is 0 Å². The number of hydrogen-bond acceptors (Lipinski definition) is 7. The Morgan fingerprint density at radius 1 is 1.31 bits per heavy atom. The van der Waals surface area contributed by atoms with Crippen molar-refractivity contribution < 1.29 is 31.5 Å². The molecule has 0 spiro atoms. The Morgan fingerprint density at radius 3 is 2.75 bits per heavy atom. The second-order valence-electron chi connectivity index (χ2n) is 9.69. The zero-order valence-corrected chi connectivity index (χ0v) is 21.2. The van der Waals surface area contributed by atoms with E-state index in [2.05, 4.69) is 20.2 Å². The minimum absolute atomic E-state index is 0.0368. The molecule has 7 nitrogen and oxygen atoms in total. The van der Waals surface area contributed by atoms with Crippen molar-refractivity contribution in [2.24, 2.45) is 0 Å². The molecule has 1 N–H and O–H groups in total. The highest BCUT2D eigenvalue weighted by atomic mass is 32.1. The van der Waals surface area contributed by atoms with E-state index in [-0.39, 0.29) is 18.4 Å².